The maximum Gasteiger partial charge on any atom is 0.168 e. The van der Waals surface area contributed by atoms with E-state index in [0.717, 1.165) is 22.4 Å². The highest BCUT2D eigenvalue weighted by Gasteiger charge is 2.02. The summed E-state index contributed by atoms with van der Waals surface area (Å²) >= 11 is 0. The third kappa shape index (κ3) is 2.65. The summed E-state index contributed by atoms with van der Waals surface area (Å²) in [7, 11) is -0.976. The third-order valence-electron chi connectivity index (χ3n) is 2.37. The van der Waals surface area contributed by atoms with Crippen LogP contribution in [0.2, 0.25) is 0 Å². The zero-order valence-electron chi connectivity index (χ0n) is 9.29. The molecule has 0 fully saturated rings. The quantitative estimate of drug-likeness (QED) is 0.779. The van der Waals surface area contributed by atoms with Gasteiger partial charge in [0.1, 0.15) is 5.69 Å². The number of nitrogens with zero attached hydrogens (tertiary/aromatic N) is 1. The summed E-state index contributed by atoms with van der Waals surface area (Å²) in [5.74, 6) is 0. The van der Waals surface area contributed by atoms with Gasteiger partial charge in [0, 0.05) is 27.5 Å². The number of carbonyl (C=O) groups excluding carboxylic acids is 1. The van der Waals surface area contributed by atoms with Crippen LogP contribution in [0.4, 0.5) is 0 Å². The normalized spacial score (nSPS) is 12.1. The van der Waals surface area contributed by atoms with E-state index in [0.29, 0.717) is 5.69 Å². The molecular weight excluding hydrogens is 234 g/mol. The second-order valence-corrected chi connectivity index (χ2v) is 4.92. The van der Waals surface area contributed by atoms with Gasteiger partial charge >= 0.3 is 0 Å². The van der Waals surface area contributed by atoms with Crippen LogP contribution in [0.15, 0.2) is 47.4 Å². The molecular formula is C13H11NO2S. The third-order valence-corrected chi connectivity index (χ3v) is 3.31. The molecule has 1 atom stereocenters. The summed E-state index contributed by atoms with van der Waals surface area (Å²) in [5.41, 5.74) is 2.05. The Morgan fingerprint density at radius 1 is 1.12 bits per heavy atom. The first-order valence-electron chi connectivity index (χ1n) is 5.07. The highest BCUT2D eigenvalue weighted by Crippen LogP contribution is 2.18. The number of aromatic nitrogens is 1. The molecule has 3 nitrogen and oxygen atoms in total. The van der Waals surface area contributed by atoms with Crippen LogP contribution in [-0.2, 0) is 10.8 Å². The fourth-order valence-corrected chi connectivity index (χ4v) is 2.01. The highest BCUT2D eigenvalue weighted by molar-refractivity contribution is 7.84. The Morgan fingerprint density at radius 3 is 2.41 bits per heavy atom. The summed E-state index contributed by atoms with van der Waals surface area (Å²) in [6, 6.07) is 12.6. The number of rotatable bonds is 3. The lowest BCUT2D eigenvalue weighted by Crippen LogP contribution is -1.91. The molecule has 1 aromatic carbocycles. The summed E-state index contributed by atoms with van der Waals surface area (Å²) < 4.78 is 11.2. The van der Waals surface area contributed by atoms with Crippen LogP contribution in [0, 0.1) is 0 Å². The van der Waals surface area contributed by atoms with Crippen LogP contribution in [0.25, 0.3) is 11.3 Å². The number of pyridine rings is 1. The fraction of sp³-hybridized carbons (Fsp3) is 0.0769. The minimum absolute atomic E-state index is 0.408. The van der Waals surface area contributed by atoms with Crippen LogP contribution in [0.5, 0.6) is 0 Å². The second-order valence-electron chi connectivity index (χ2n) is 3.54. The molecule has 1 heterocycles. The van der Waals surface area contributed by atoms with Crippen molar-refractivity contribution in [1.82, 2.24) is 4.98 Å². The number of benzene rings is 1. The monoisotopic (exact) mass is 245 g/mol. The fourth-order valence-electron chi connectivity index (χ4n) is 1.50. The minimum atomic E-state index is -0.976. The van der Waals surface area contributed by atoms with E-state index in [4.69, 9.17) is 0 Å². The van der Waals surface area contributed by atoms with Crippen LogP contribution >= 0.6 is 0 Å². The topological polar surface area (TPSA) is 47.0 Å². The van der Waals surface area contributed by atoms with E-state index in [1.807, 2.05) is 18.2 Å². The molecule has 0 radical (unpaired) electrons. The van der Waals surface area contributed by atoms with Gasteiger partial charge in [0.15, 0.2) is 6.29 Å². The minimum Gasteiger partial charge on any atom is -0.296 e. The molecule has 0 aliphatic heterocycles. The number of aldehydes is 1. The Hall–Kier alpha value is -1.81. The van der Waals surface area contributed by atoms with Crippen molar-refractivity contribution in [3.63, 3.8) is 0 Å². The highest BCUT2D eigenvalue weighted by atomic mass is 32.2. The average molecular weight is 245 g/mol. The zero-order valence-corrected chi connectivity index (χ0v) is 10.1. The molecule has 0 bridgehead atoms. The van der Waals surface area contributed by atoms with E-state index in [-0.39, 0.29) is 0 Å². The molecule has 0 aliphatic carbocycles. The molecule has 0 amide bonds. The lowest BCUT2D eigenvalue weighted by Gasteiger charge is -2.02. The number of carbonyl (C=O) groups is 1. The van der Waals surface area contributed by atoms with E-state index >= 15 is 0 Å². The Morgan fingerprint density at radius 2 is 1.82 bits per heavy atom. The van der Waals surface area contributed by atoms with Gasteiger partial charge in [0.2, 0.25) is 0 Å². The van der Waals surface area contributed by atoms with Crippen LogP contribution in [0.3, 0.4) is 0 Å². The van der Waals surface area contributed by atoms with E-state index in [1.165, 1.54) is 0 Å². The zero-order chi connectivity index (χ0) is 12.3. The van der Waals surface area contributed by atoms with Gasteiger partial charge in [0.25, 0.3) is 0 Å². The first kappa shape index (κ1) is 11.7. The number of hydrogen-bond donors (Lipinski definition) is 0. The Labute approximate surface area is 102 Å². The maximum atomic E-state index is 11.2. The van der Waals surface area contributed by atoms with Gasteiger partial charge in [-0.05, 0) is 24.3 Å². The lowest BCUT2D eigenvalue weighted by atomic mass is 10.1. The van der Waals surface area contributed by atoms with Crippen LogP contribution in [0.1, 0.15) is 10.5 Å². The van der Waals surface area contributed by atoms with E-state index in [1.54, 1.807) is 30.5 Å². The Balaban J connectivity index is 2.39. The van der Waals surface area contributed by atoms with Crippen molar-refractivity contribution in [3.8, 4) is 11.3 Å². The van der Waals surface area contributed by atoms with Crippen molar-refractivity contribution < 1.29 is 9.00 Å². The molecule has 0 saturated heterocycles. The predicted octanol–water partition coefficient (Wildman–Crippen LogP) is 2.30. The average Bonchev–Trinajstić information content (AvgIpc) is 2.39. The summed E-state index contributed by atoms with van der Waals surface area (Å²) in [6.07, 6.45) is 2.36. The van der Waals surface area contributed by atoms with Gasteiger partial charge in [-0.15, -0.1) is 0 Å². The van der Waals surface area contributed by atoms with E-state index < -0.39 is 10.8 Å². The maximum absolute atomic E-state index is 11.2. The standard InChI is InChI=1S/C13H11NO2S/c1-17(16)12-7-5-10(6-8-12)13-4-2-3-11(9-15)14-13/h2-9H,1H3. The van der Waals surface area contributed by atoms with Crippen molar-refractivity contribution in [2.24, 2.45) is 0 Å². The largest absolute Gasteiger partial charge is 0.296 e. The molecule has 17 heavy (non-hydrogen) atoms. The molecule has 1 aromatic heterocycles. The molecule has 2 aromatic rings. The van der Waals surface area contributed by atoms with Crippen molar-refractivity contribution in [2.45, 2.75) is 4.90 Å². The van der Waals surface area contributed by atoms with Crippen molar-refractivity contribution in [1.29, 1.82) is 0 Å². The van der Waals surface area contributed by atoms with Gasteiger partial charge in [-0.25, -0.2) is 4.98 Å². The van der Waals surface area contributed by atoms with Crippen LogP contribution < -0.4 is 0 Å². The number of hydrogen-bond acceptors (Lipinski definition) is 3. The van der Waals surface area contributed by atoms with Gasteiger partial charge < -0.3 is 0 Å². The molecule has 0 saturated carbocycles. The van der Waals surface area contributed by atoms with Crippen molar-refractivity contribution in [3.05, 3.63) is 48.2 Å². The molecule has 86 valence electrons. The summed E-state index contributed by atoms with van der Waals surface area (Å²) in [4.78, 5) is 15.6. The van der Waals surface area contributed by atoms with Crippen molar-refractivity contribution >= 4 is 17.1 Å². The summed E-state index contributed by atoms with van der Waals surface area (Å²) in [5, 5.41) is 0. The van der Waals surface area contributed by atoms with E-state index in [2.05, 4.69) is 4.98 Å². The predicted molar refractivity (Wildman–Crippen MR) is 67.4 cm³/mol. The Kier molecular flexibility index (Phi) is 3.44. The summed E-state index contributed by atoms with van der Waals surface area (Å²) in [6.45, 7) is 0. The molecule has 1 unspecified atom stereocenters. The smallest absolute Gasteiger partial charge is 0.168 e. The Bertz CT molecular complexity index is 564. The second kappa shape index (κ2) is 5.01. The first-order chi connectivity index (χ1) is 8.20. The molecule has 0 aliphatic rings. The van der Waals surface area contributed by atoms with Gasteiger partial charge in [0.05, 0.1) is 5.69 Å². The molecule has 4 heteroatoms. The van der Waals surface area contributed by atoms with Crippen molar-refractivity contribution in [2.75, 3.05) is 6.26 Å². The van der Waals surface area contributed by atoms with Crippen LogP contribution in [-0.4, -0.2) is 21.7 Å². The molecule has 2 rings (SSSR count). The lowest BCUT2D eigenvalue weighted by molar-refractivity contribution is 0.111. The van der Waals surface area contributed by atoms with Gasteiger partial charge in [-0.3, -0.25) is 9.00 Å². The SMILES string of the molecule is CS(=O)c1ccc(-c2cccc(C=O)n2)cc1. The van der Waals surface area contributed by atoms with E-state index in [9.17, 15) is 9.00 Å². The molecule has 0 spiro atoms. The van der Waals surface area contributed by atoms with Gasteiger partial charge in [-0.2, -0.15) is 0 Å². The first-order valence-corrected chi connectivity index (χ1v) is 6.62. The van der Waals surface area contributed by atoms with Gasteiger partial charge in [-0.1, -0.05) is 18.2 Å². The molecule has 0 N–H and O–H groups in total.